The van der Waals surface area contributed by atoms with Gasteiger partial charge in [-0.05, 0) is 78.7 Å². The topological polar surface area (TPSA) is 84.9 Å². The van der Waals surface area contributed by atoms with E-state index in [2.05, 4.69) is 5.32 Å². The molecule has 3 amide bonds. The number of amides is 3. The van der Waals surface area contributed by atoms with Gasteiger partial charge in [0.25, 0.3) is 17.1 Å². The standard InChI is InChI=1S/C28H24ClFN2O5S/c1-3-36-24-12-18(8-11-23(24)37-16-26(33)31-22-7-5-4-6-17(22)2)13-25-27(34)32(28(35)38-25)15-19-9-10-20(30)14-21(19)29/h4-14H,3,15-16H2,1-2H3,(H,31,33)/b25-13-. The fourth-order valence-corrected chi connectivity index (χ4v) is 4.72. The minimum Gasteiger partial charge on any atom is -0.490 e. The van der Waals surface area contributed by atoms with E-state index in [4.69, 9.17) is 21.1 Å². The highest BCUT2D eigenvalue weighted by Gasteiger charge is 2.35. The quantitative estimate of drug-likeness (QED) is 0.306. The number of anilines is 1. The van der Waals surface area contributed by atoms with Crippen molar-refractivity contribution in [3.63, 3.8) is 0 Å². The average Bonchev–Trinajstić information content (AvgIpc) is 3.14. The van der Waals surface area contributed by atoms with E-state index in [0.717, 1.165) is 28.3 Å². The zero-order valence-electron chi connectivity index (χ0n) is 20.6. The van der Waals surface area contributed by atoms with Gasteiger partial charge in [-0.2, -0.15) is 0 Å². The second-order valence-corrected chi connectivity index (χ2v) is 9.69. The Morgan fingerprint density at radius 1 is 1.08 bits per heavy atom. The average molecular weight is 555 g/mol. The lowest BCUT2D eigenvalue weighted by Crippen LogP contribution is -2.27. The van der Waals surface area contributed by atoms with Crippen molar-refractivity contribution in [1.29, 1.82) is 0 Å². The molecule has 0 saturated carbocycles. The second-order valence-electron chi connectivity index (χ2n) is 8.29. The van der Waals surface area contributed by atoms with Crippen LogP contribution in [0.3, 0.4) is 0 Å². The Hall–Kier alpha value is -3.82. The van der Waals surface area contributed by atoms with Crippen molar-refractivity contribution in [2.24, 2.45) is 0 Å². The number of halogens is 2. The van der Waals surface area contributed by atoms with Gasteiger partial charge in [-0.3, -0.25) is 19.3 Å². The Kier molecular flexibility index (Phi) is 8.70. The summed E-state index contributed by atoms with van der Waals surface area (Å²) in [5.74, 6) is -0.546. The third kappa shape index (κ3) is 6.54. The summed E-state index contributed by atoms with van der Waals surface area (Å²) in [6.45, 7) is 3.77. The van der Waals surface area contributed by atoms with Gasteiger partial charge in [0.1, 0.15) is 5.82 Å². The van der Waals surface area contributed by atoms with Crippen molar-refractivity contribution in [2.45, 2.75) is 20.4 Å². The molecule has 38 heavy (non-hydrogen) atoms. The Morgan fingerprint density at radius 3 is 2.61 bits per heavy atom. The van der Waals surface area contributed by atoms with Gasteiger partial charge in [0.05, 0.1) is 18.1 Å². The SMILES string of the molecule is CCOc1cc(/C=C2\SC(=O)N(Cc3ccc(F)cc3Cl)C2=O)ccc1OCC(=O)Nc1ccccc1C. The minimum absolute atomic E-state index is 0.0668. The predicted molar refractivity (Wildman–Crippen MR) is 146 cm³/mol. The third-order valence-corrected chi connectivity index (χ3v) is 6.82. The molecular formula is C28H24ClFN2O5S. The number of imide groups is 1. The number of nitrogens with one attached hydrogen (secondary N) is 1. The van der Waals surface area contributed by atoms with Crippen molar-refractivity contribution in [2.75, 3.05) is 18.5 Å². The molecule has 1 aliphatic rings. The molecule has 7 nitrogen and oxygen atoms in total. The monoisotopic (exact) mass is 554 g/mol. The van der Waals surface area contributed by atoms with Crippen LogP contribution in [0, 0.1) is 12.7 Å². The fourth-order valence-electron chi connectivity index (χ4n) is 3.65. The van der Waals surface area contributed by atoms with E-state index >= 15 is 0 Å². The lowest BCUT2D eigenvalue weighted by Gasteiger charge is -2.14. The van der Waals surface area contributed by atoms with Crippen LogP contribution in [0.15, 0.2) is 65.6 Å². The first-order chi connectivity index (χ1) is 18.2. The van der Waals surface area contributed by atoms with Crippen molar-refractivity contribution in [3.05, 3.63) is 93.1 Å². The van der Waals surface area contributed by atoms with Gasteiger partial charge in [0.15, 0.2) is 18.1 Å². The molecule has 196 valence electrons. The number of carbonyl (C=O) groups is 3. The van der Waals surface area contributed by atoms with Crippen LogP contribution < -0.4 is 14.8 Å². The van der Waals surface area contributed by atoms with Gasteiger partial charge in [-0.1, -0.05) is 41.9 Å². The van der Waals surface area contributed by atoms with Crippen molar-refractivity contribution in [3.8, 4) is 11.5 Å². The lowest BCUT2D eigenvalue weighted by molar-refractivity contribution is -0.123. The molecule has 1 saturated heterocycles. The Morgan fingerprint density at radius 2 is 1.87 bits per heavy atom. The number of para-hydroxylation sites is 1. The van der Waals surface area contributed by atoms with Gasteiger partial charge in [0.2, 0.25) is 0 Å². The Labute approximate surface area is 228 Å². The zero-order chi connectivity index (χ0) is 27.2. The van der Waals surface area contributed by atoms with Crippen molar-refractivity contribution in [1.82, 2.24) is 4.90 Å². The third-order valence-electron chi connectivity index (χ3n) is 5.56. The van der Waals surface area contributed by atoms with Crippen molar-refractivity contribution < 1.29 is 28.2 Å². The van der Waals surface area contributed by atoms with E-state index in [0.29, 0.717) is 34.9 Å². The molecule has 1 fully saturated rings. The van der Waals surface area contributed by atoms with E-state index in [-0.39, 0.29) is 29.0 Å². The molecule has 0 unspecified atom stereocenters. The first-order valence-corrected chi connectivity index (χ1v) is 12.9. The largest absolute Gasteiger partial charge is 0.490 e. The molecule has 0 aromatic heterocycles. The maximum absolute atomic E-state index is 13.3. The molecule has 1 N–H and O–H groups in total. The van der Waals surface area contributed by atoms with E-state index in [1.807, 2.05) is 38.1 Å². The van der Waals surface area contributed by atoms with Gasteiger partial charge >= 0.3 is 0 Å². The summed E-state index contributed by atoms with van der Waals surface area (Å²) in [4.78, 5) is 39.1. The molecule has 10 heteroatoms. The second kappa shape index (κ2) is 12.1. The maximum atomic E-state index is 13.3. The highest BCUT2D eigenvalue weighted by molar-refractivity contribution is 8.18. The Bertz CT molecular complexity index is 1430. The summed E-state index contributed by atoms with van der Waals surface area (Å²) >= 11 is 6.86. The van der Waals surface area contributed by atoms with Gasteiger partial charge in [-0.15, -0.1) is 0 Å². The number of nitrogens with zero attached hydrogens (tertiary/aromatic N) is 1. The molecule has 0 radical (unpaired) electrons. The molecule has 0 spiro atoms. The van der Waals surface area contributed by atoms with Crippen LogP contribution in [-0.2, 0) is 16.1 Å². The number of aryl methyl sites for hydroxylation is 1. The number of rotatable bonds is 9. The normalized spacial score (nSPS) is 14.2. The molecule has 3 aromatic rings. The van der Waals surface area contributed by atoms with Crippen LogP contribution in [0.25, 0.3) is 6.08 Å². The predicted octanol–water partition coefficient (Wildman–Crippen LogP) is 6.44. The number of hydrogen-bond donors (Lipinski definition) is 1. The molecule has 1 heterocycles. The van der Waals surface area contributed by atoms with E-state index in [1.54, 1.807) is 24.3 Å². The zero-order valence-corrected chi connectivity index (χ0v) is 22.2. The van der Waals surface area contributed by atoms with E-state index < -0.39 is 17.0 Å². The molecule has 1 aliphatic heterocycles. The van der Waals surface area contributed by atoms with Gasteiger partial charge in [-0.25, -0.2) is 4.39 Å². The number of benzene rings is 3. The van der Waals surface area contributed by atoms with Gasteiger partial charge < -0.3 is 14.8 Å². The molecule has 3 aromatic carbocycles. The van der Waals surface area contributed by atoms with Crippen LogP contribution >= 0.6 is 23.4 Å². The minimum atomic E-state index is -0.503. The van der Waals surface area contributed by atoms with Crippen LogP contribution in [0.4, 0.5) is 14.9 Å². The fraction of sp³-hybridized carbons (Fsp3) is 0.179. The van der Waals surface area contributed by atoms with Crippen LogP contribution in [-0.4, -0.2) is 35.2 Å². The number of ether oxygens (including phenoxy) is 2. The van der Waals surface area contributed by atoms with E-state index in [1.165, 1.54) is 12.1 Å². The van der Waals surface area contributed by atoms with Crippen LogP contribution in [0.2, 0.25) is 5.02 Å². The smallest absolute Gasteiger partial charge is 0.293 e. The summed E-state index contributed by atoms with van der Waals surface area (Å²) in [6.07, 6.45) is 1.58. The summed E-state index contributed by atoms with van der Waals surface area (Å²) in [5.41, 5.74) is 2.71. The summed E-state index contributed by atoms with van der Waals surface area (Å²) in [6, 6.07) is 16.2. The summed E-state index contributed by atoms with van der Waals surface area (Å²) in [5, 5.41) is 2.49. The highest BCUT2D eigenvalue weighted by atomic mass is 35.5. The first-order valence-electron chi connectivity index (χ1n) is 11.7. The Balaban J connectivity index is 1.46. The molecule has 0 bridgehead atoms. The molecular weight excluding hydrogens is 531 g/mol. The van der Waals surface area contributed by atoms with E-state index in [9.17, 15) is 18.8 Å². The lowest BCUT2D eigenvalue weighted by atomic mass is 10.1. The number of hydrogen-bond acceptors (Lipinski definition) is 6. The maximum Gasteiger partial charge on any atom is 0.293 e. The number of carbonyl (C=O) groups excluding carboxylic acids is 3. The summed E-state index contributed by atoms with van der Waals surface area (Å²) < 4.78 is 24.7. The van der Waals surface area contributed by atoms with Crippen LogP contribution in [0.5, 0.6) is 11.5 Å². The number of thioether (sulfide) groups is 1. The highest BCUT2D eigenvalue weighted by Crippen LogP contribution is 2.36. The van der Waals surface area contributed by atoms with Crippen LogP contribution in [0.1, 0.15) is 23.6 Å². The molecule has 0 aliphatic carbocycles. The first kappa shape index (κ1) is 27.2. The van der Waals surface area contributed by atoms with Gasteiger partial charge in [0, 0.05) is 10.7 Å². The van der Waals surface area contributed by atoms with Crippen molar-refractivity contribution >= 4 is 52.2 Å². The molecule has 0 atom stereocenters. The molecule has 4 rings (SSSR count). The summed E-state index contributed by atoms with van der Waals surface area (Å²) in [7, 11) is 0.